The van der Waals surface area contributed by atoms with Gasteiger partial charge in [-0.2, -0.15) is 0 Å². The van der Waals surface area contributed by atoms with Crippen molar-refractivity contribution in [1.29, 1.82) is 0 Å². The standard InChI is InChI=1S/C17H17ClN2O4/c1-3-23-16-14(5-4-10-19-16)17(22)24-11(2)15(21)20-13-8-6-12(18)7-9-13/h4-11H,3H2,1-2H3,(H,20,21). The van der Waals surface area contributed by atoms with E-state index >= 15 is 0 Å². The summed E-state index contributed by atoms with van der Waals surface area (Å²) >= 11 is 5.79. The van der Waals surface area contributed by atoms with Crippen LogP contribution in [0.4, 0.5) is 5.69 Å². The molecule has 0 fully saturated rings. The van der Waals surface area contributed by atoms with Crippen molar-refractivity contribution in [2.75, 3.05) is 11.9 Å². The molecule has 0 radical (unpaired) electrons. The fraction of sp³-hybridized carbons (Fsp3) is 0.235. The number of nitrogens with zero attached hydrogens (tertiary/aromatic N) is 1. The van der Waals surface area contributed by atoms with Gasteiger partial charge in [0.15, 0.2) is 6.10 Å². The van der Waals surface area contributed by atoms with Gasteiger partial charge in [0.05, 0.1) is 6.61 Å². The zero-order valence-corrected chi connectivity index (χ0v) is 14.0. The third kappa shape index (κ3) is 4.70. The van der Waals surface area contributed by atoms with Gasteiger partial charge in [-0.1, -0.05) is 11.6 Å². The van der Waals surface area contributed by atoms with Crippen LogP contribution in [0.1, 0.15) is 24.2 Å². The number of benzene rings is 1. The molecule has 0 bridgehead atoms. The summed E-state index contributed by atoms with van der Waals surface area (Å²) in [5, 5.41) is 3.21. The van der Waals surface area contributed by atoms with Gasteiger partial charge in [-0.15, -0.1) is 0 Å². The van der Waals surface area contributed by atoms with Crippen molar-refractivity contribution in [3.63, 3.8) is 0 Å². The first-order valence-electron chi connectivity index (χ1n) is 7.36. The van der Waals surface area contributed by atoms with Crippen LogP contribution in [0.5, 0.6) is 5.88 Å². The van der Waals surface area contributed by atoms with Crippen LogP contribution in [0.15, 0.2) is 42.6 Å². The maximum atomic E-state index is 12.2. The largest absolute Gasteiger partial charge is 0.477 e. The molecule has 1 aromatic carbocycles. The Bertz CT molecular complexity index is 719. The Morgan fingerprint density at radius 3 is 2.62 bits per heavy atom. The van der Waals surface area contributed by atoms with E-state index in [9.17, 15) is 9.59 Å². The molecule has 6 nitrogen and oxygen atoms in total. The second-order valence-corrected chi connectivity index (χ2v) is 5.27. The number of esters is 1. The summed E-state index contributed by atoms with van der Waals surface area (Å²) in [7, 11) is 0. The van der Waals surface area contributed by atoms with Crippen molar-refractivity contribution in [1.82, 2.24) is 4.98 Å². The van der Waals surface area contributed by atoms with Crippen LogP contribution >= 0.6 is 11.6 Å². The minimum atomic E-state index is -0.983. The van der Waals surface area contributed by atoms with Crippen molar-refractivity contribution in [2.45, 2.75) is 20.0 Å². The van der Waals surface area contributed by atoms with Crippen LogP contribution in [0.3, 0.4) is 0 Å². The maximum absolute atomic E-state index is 12.2. The Kier molecular flexibility index (Phi) is 6.14. The Labute approximate surface area is 144 Å². The molecule has 0 aliphatic rings. The van der Waals surface area contributed by atoms with E-state index in [1.807, 2.05) is 0 Å². The number of hydrogen-bond donors (Lipinski definition) is 1. The molecule has 126 valence electrons. The van der Waals surface area contributed by atoms with Crippen molar-refractivity contribution in [2.24, 2.45) is 0 Å². The van der Waals surface area contributed by atoms with Crippen molar-refractivity contribution >= 4 is 29.2 Å². The Morgan fingerprint density at radius 1 is 1.25 bits per heavy atom. The SMILES string of the molecule is CCOc1ncccc1C(=O)OC(C)C(=O)Nc1ccc(Cl)cc1. The molecule has 7 heteroatoms. The Morgan fingerprint density at radius 2 is 1.96 bits per heavy atom. The van der Waals surface area contributed by atoms with Gasteiger partial charge in [-0.05, 0) is 50.2 Å². The van der Waals surface area contributed by atoms with E-state index in [2.05, 4.69) is 10.3 Å². The first-order valence-corrected chi connectivity index (χ1v) is 7.74. The fourth-order valence-corrected chi connectivity index (χ4v) is 1.98. The third-order valence-corrected chi connectivity index (χ3v) is 3.29. The molecular weight excluding hydrogens is 332 g/mol. The summed E-state index contributed by atoms with van der Waals surface area (Å²) in [4.78, 5) is 28.3. The highest BCUT2D eigenvalue weighted by atomic mass is 35.5. The molecule has 2 aromatic rings. The fourth-order valence-electron chi connectivity index (χ4n) is 1.85. The number of amides is 1. The summed E-state index contributed by atoms with van der Waals surface area (Å²) < 4.78 is 10.5. The van der Waals surface area contributed by atoms with E-state index < -0.39 is 18.0 Å². The number of hydrogen-bond acceptors (Lipinski definition) is 5. The van der Waals surface area contributed by atoms with Crippen LogP contribution in [-0.4, -0.2) is 29.6 Å². The van der Waals surface area contributed by atoms with Crippen molar-refractivity contribution in [3.8, 4) is 5.88 Å². The zero-order chi connectivity index (χ0) is 17.5. The lowest BCUT2D eigenvalue weighted by Crippen LogP contribution is -2.30. The number of carbonyl (C=O) groups is 2. The summed E-state index contributed by atoms with van der Waals surface area (Å²) in [5.74, 6) is -0.951. The van der Waals surface area contributed by atoms with E-state index in [0.29, 0.717) is 17.3 Å². The smallest absolute Gasteiger partial charge is 0.344 e. The number of halogens is 1. The summed E-state index contributed by atoms with van der Waals surface area (Å²) in [5.41, 5.74) is 0.731. The number of rotatable bonds is 6. The highest BCUT2D eigenvalue weighted by Gasteiger charge is 2.22. The van der Waals surface area contributed by atoms with Gasteiger partial charge in [-0.3, -0.25) is 4.79 Å². The number of aromatic nitrogens is 1. The van der Waals surface area contributed by atoms with Crippen LogP contribution < -0.4 is 10.1 Å². The monoisotopic (exact) mass is 348 g/mol. The Hall–Kier alpha value is -2.60. The molecule has 1 unspecified atom stereocenters. The van der Waals surface area contributed by atoms with Gasteiger partial charge in [-0.25, -0.2) is 9.78 Å². The van der Waals surface area contributed by atoms with E-state index in [1.54, 1.807) is 37.3 Å². The Balaban J connectivity index is 2.00. The molecule has 0 aliphatic heterocycles. The second-order valence-electron chi connectivity index (χ2n) is 4.83. The molecule has 1 aromatic heterocycles. The van der Waals surface area contributed by atoms with Gasteiger partial charge in [0.2, 0.25) is 5.88 Å². The van der Waals surface area contributed by atoms with E-state index in [0.717, 1.165) is 0 Å². The van der Waals surface area contributed by atoms with Crippen LogP contribution in [0.2, 0.25) is 5.02 Å². The predicted octanol–water partition coefficient (Wildman–Crippen LogP) is 3.32. The number of nitrogens with one attached hydrogen (secondary N) is 1. The second kappa shape index (κ2) is 8.31. The molecule has 2 rings (SSSR count). The van der Waals surface area contributed by atoms with Crippen LogP contribution in [0, 0.1) is 0 Å². The lowest BCUT2D eigenvalue weighted by molar-refractivity contribution is -0.123. The van der Waals surface area contributed by atoms with Crippen molar-refractivity contribution in [3.05, 3.63) is 53.2 Å². The van der Waals surface area contributed by atoms with Crippen molar-refractivity contribution < 1.29 is 19.1 Å². The van der Waals surface area contributed by atoms with Gasteiger partial charge < -0.3 is 14.8 Å². The topological polar surface area (TPSA) is 77.5 Å². The summed E-state index contributed by atoms with van der Waals surface area (Å²) in [6.45, 7) is 3.63. The highest BCUT2D eigenvalue weighted by molar-refractivity contribution is 6.30. The zero-order valence-electron chi connectivity index (χ0n) is 13.3. The average molecular weight is 349 g/mol. The van der Waals surface area contributed by atoms with Gasteiger partial charge in [0.1, 0.15) is 5.56 Å². The highest BCUT2D eigenvalue weighted by Crippen LogP contribution is 2.17. The first-order chi connectivity index (χ1) is 11.5. The summed E-state index contributed by atoms with van der Waals surface area (Å²) in [6.07, 6.45) is 0.529. The predicted molar refractivity (Wildman–Crippen MR) is 90.4 cm³/mol. The van der Waals surface area contributed by atoms with Gasteiger partial charge in [0, 0.05) is 16.9 Å². The lowest BCUT2D eigenvalue weighted by atomic mass is 10.2. The van der Waals surface area contributed by atoms with E-state index in [-0.39, 0.29) is 11.4 Å². The van der Waals surface area contributed by atoms with Crippen LogP contribution in [0.25, 0.3) is 0 Å². The quantitative estimate of drug-likeness (QED) is 0.810. The minimum Gasteiger partial charge on any atom is -0.477 e. The minimum absolute atomic E-state index is 0.172. The molecule has 0 saturated heterocycles. The number of pyridine rings is 1. The molecule has 1 amide bonds. The number of anilines is 1. The molecule has 1 heterocycles. The molecule has 1 atom stereocenters. The molecule has 0 spiro atoms. The molecule has 0 saturated carbocycles. The first kappa shape index (κ1) is 17.7. The molecule has 24 heavy (non-hydrogen) atoms. The molecule has 0 aliphatic carbocycles. The molecular formula is C17H17ClN2O4. The van der Waals surface area contributed by atoms with E-state index in [4.69, 9.17) is 21.1 Å². The number of carbonyl (C=O) groups excluding carboxylic acids is 2. The number of ether oxygens (including phenoxy) is 2. The van der Waals surface area contributed by atoms with Gasteiger partial charge >= 0.3 is 5.97 Å². The lowest BCUT2D eigenvalue weighted by Gasteiger charge is -2.14. The van der Waals surface area contributed by atoms with Gasteiger partial charge in [0.25, 0.3) is 5.91 Å². The normalized spacial score (nSPS) is 11.5. The average Bonchev–Trinajstić information content (AvgIpc) is 2.57. The van der Waals surface area contributed by atoms with Crippen LogP contribution in [-0.2, 0) is 9.53 Å². The van der Waals surface area contributed by atoms with E-state index in [1.165, 1.54) is 19.2 Å². The summed E-state index contributed by atoms with van der Waals surface area (Å²) in [6, 6.07) is 9.74. The third-order valence-electron chi connectivity index (χ3n) is 3.04. The molecule has 1 N–H and O–H groups in total. The maximum Gasteiger partial charge on any atom is 0.344 e.